The van der Waals surface area contributed by atoms with Crippen molar-refractivity contribution in [3.05, 3.63) is 112 Å². The molecule has 0 unspecified atom stereocenters. The monoisotopic (exact) mass is 513 g/mol. The number of dihydropyridines is 1. The topological polar surface area (TPSA) is 73.9 Å². The average Bonchev–Trinajstić information content (AvgIpc) is 3.19. The summed E-state index contributed by atoms with van der Waals surface area (Å²) in [7, 11) is 0. The number of carbonyl (C=O) groups excluding carboxylic acids is 2. The predicted octanol–water partition coefficient (Wildman–Crippen LogP) is 5.93. The van der Waals surface area contributed by atoms with Crippen LogP contribution in [-0.4, -0.2) is 25.0 Å². The van der Waals surface area contributed by atoms with Crippen molar-refractivity contribution in [1.29, 1.82) is 0 Å². The quantitative estimate of drug-likeness (QED) is 0.376. The van der Waals surface area contributed by atoms with Gasteiger partial charge in [0.2, 0.25) is 0 Å². The number of benzene rings is 3. The van der Waals surface area contributed by atoms with Crippen LogP contribution in [0.1, 0.15) is 53.7 Å². The Kier molecular flexibility index (Phi) is 7.01. The van der Waals surface area contributed by atoms with Gasteiger partial charge in [-0.3, -0.25) is 4.79 Å². The van der Waals surface area contributed by atoms with E-state index in [0.717, 1.165) is 5.56 Å². The van der Waals surface area contributed by atoms with E-state index in [4.69, 9.17) is 14.2 Å². The Morgan fingerprint density at radius 3 is 2.39 bits per heavy atom. The zero-order chi connectivity index (χ0) is 26.8. The van der Waals surface area contributed by atoms with Gasteiger partial charge in [-0.1, -0.05) is 48.5 Å². The first-order chi connectivity index (χ1) is 18.4. The van der Waals surface area contributed by atoms with E-state index in [1.807, 2.05) is 38.1 Å². The van der Waals surface area contributed by atoms with E-state index < -0.39 is 11.9 Å². The standard InChI is InChI=1S/C31H28FNO5/c1-4-36-25-16-19(14-15-24(25)38-17-20-10-6-9-13-23(20)32)27-26(31(35)37-5-2)18(3)33-29-21-11-7-8-12-22(21)30(34)28(27)29/h6-16,27,33H,4-5,17H2,1-3H3/t27-/m0/s1. The molecule has 38 heavy (non-hydrogen) atoms. The van der Waals surface area contributed by atoms with Crippen molar-refractivity contribution in [1.82, 2.24) is 5.32 Å². The van der Waals surface area contributed by atoms with Crippen LogP contribution in [0.3, 0.4) is 0 Å². The molecule has 0 bridgehead atoms. The lowest BCUT2D eigenvalue weighted by atomic mass is 9.79. The van der Waals surface area contributed by atoms with Crippen LogP contribution in [0.5, 0.6) is 11.5 Å². The van der Waals surface area contributed by atoms with Crippen LogP contribution < -0.4 is 14.8 Å². The van der Waals surface area contributed by atoms with E-state index in [1.165, 1.54) is 6.07 Å². The molecule has 3 aromatic rings. The highest BCUT2D eigenvalue weighted by Crippen LogP contribution is 2.48. The molecule has 0 fully saturated rings. The van der Waals surface area contributed by atoms with Gasteiger partial charge in [-0.15, -0.1) is 0 Å². The second-order valence-electron chi connectivity index (χ2n) is 9.00. The molecule has 3 aromatic carbocycles. The fourth-order valence-electron chi connectivity index (χ4n) is 5.00. The highest BCUT2D eigenvalue weighted by atomic mass is 19.1. The predicted molar refractivity (Wildman–Crippen MR) is 141 cm³/mol. The van der Waals surface area contributed by atoms with Gasteiger partial charge in [0.25, 0.3) is 0 Å². The maximum absolute atomic E-state index is 14.1. The molecule has 194 valence electrons. The van der Waals surface area contributed by atoms with Gasteiger partial charge in [0.15, 0.2) is 17.3 Å². The van der Waals surface area contributed by atoms with Gasteiger partial charge in [-0.25, -0.2) is 9.18 Å². The fraction of sp³-hybridized carbons (Fsp3) is 0.226. The third-order valence-electron chi connectivity index (χ3n) is 6.69. The van der Waals surface area contributed by atoms with Crippen LogP contribution in [-0.2, 0) is 16.1 Å². The minimum absolute atomic E-state index is 0.0234. The van der Waals surface area contributed by atoms with E-state index in [0.29, 0.717) is 57.3 Å². The number of ether oxygens (including phenoxy) is 3. The van der Waals surface area contributed by atoms with E-state index in [2.05, 4.69) is 5.32 Å². The Morgan fingerprint density at radius 2 is 1.66 bits per heavy atom. The number of Topliss-reactive ketones (excluding diaryl/α,β-unsaturated/α-hetero) is 1. The third kappa shape index (κ3) is 4.45. The highest BCUT2D eigenvalue weighted by Gasteiger charge is 2.43. The summed E-state index contributed by atoms with van der Waals surface area (Å²) >= 11 is 0. The Bertz CT molecular complexity index is 1490. The normalized spacial score (nSPS) is 16.1. The molecule has 5 rings (SSSR count). The number of nitrogens with one attached hydrogen (secondary N) is 1. The summed E-state index contributed by atoms with van der Waals surface area (Å²) in [5, 5.41) is 3.30. The summed E-state index contributed by atoms with van der Waals surface area (Å²) in [5.41, 5.74) is 4.66. The van der Waals surface area contributed by atoms with Crippen LogP contribution in [0, 0.1) is 5.82 Å². The second kappa shape index (κ2) is 10.5. The maximum atomic E-state index is 14.1. The SMILES string of the molecule is CCOC(=O)C1=C(C)NC2=C(C(=O)c3ccccc32)[C@H]1c1ccc(OCc2ccccc2F)c(OCC)c1. The molecular weight excluding hydrogens is 485 g/mol. The number of hydrogen-bond acceptors (Lipinski definition) is 6. The number of halogens is 1. The first-order valence-corrected chi connectivity index (χ1v) is 12.6. The summed E-state index contributed by atoms with van der Waals surface area (Å²) in [4.78, 5) is 26.8. The van der Waals surface area contributed by atoms with Crippen molar-refractivity contribution in [3.63, 3.8) is 0 Å². The Morgan fingerprint density at radius 1 is 0.921 bits per heavy atom. The Hall–Kier alpha value is -4.39. The molecule has 1 heterocycles. The first-order valence-electron chi connectivity index (χ1n) is 12.6. The Labute approximate surface area is 220 Å². The summed E-state index contributed by atoms with van der Waals surface area (Å²) in [6.45, 7) is 6.00. The average molecular weight is 514 g/mol. The van der Waals surface area contributed by atoms with Gasteiger partial charge in [0, 0.05) is 33.9 Å². The van der Waals surface area contributed by atoms with Crippen molar-refractivity contribution >= 4 is 17.4 Å². The zero-order valence-electron chi connectivity index (χ0n) is 21.5. The van der Waals surface area contributed by atoms with Crippen LogP contribution in [0.4, 0.5) is 4.39 Å². The van der Waals surface area contributed by atoms with Crippen LogP contribution >= 0.6 is 0 Å². The molecule has 2 aliphatic rings. The minimum Gasteiger partial charge on any atom is -0.490 e. The van der Waals surface area contributed by atoms with Crippen molar-refractivity contribution in [2.24, 2.45) is 0 Å². The maximum Gasteiger partial charge on any atom is 0.336 e. The van der Waals surface area contributed by atoms with Gasteiger partial charge >= 0.3 is 5.97 Å². The molecular formula is C31H28FNO5. The molecule has 1 aliphatic carbocycles. The van der Waals surface area contributed by atoms with Crippen molar-refractivity contribution in [3.8, 4) is 11.5 Å². The summed E-state index contributed by atoms with van der Waals surface area (Å²) in [6.07, 6.45) is 0. The molecule has 1 aliphatic heterocycles. The van der Waals surface area contributed by atoms with Gasteiger partial charge in [0.05, 0.1) is 24.5 Å². The third-order valence-corrected chi connectivity index (χ3v) is 6.69. The lowest BCUT2D eigenvalue weighted by molar-refractivity contribution is -0.138. The van der Waals surface area contributed by atoms with E-state index in [-0.39, 0.29) is 24.8 Å². The van der Waals surface area contributed by atoms with E-state index in [1.54, 1.807) is 43.3 Å². The minimum atomic E-state index is -0.676. The number of ketones is 1. The van der Waals surface area contributed by atoms with Crippen LogP contribution in [0.25, 0.3) is 5.70 Å². The molecule has 6 nitrogen and oxygen atoms in total. The van der Waals surface area contributed by atoms with Crippen molar-refractivity contribution in [2.75, 3.05) is 13.2 Å². The first kappa shape index (κ1) is 25.3. The van der Waals surface area contributed by atoms with Gasteiger partial charge in [0.1, 0.15) is 12.4 Å². The number of carbonyl (C=O) groups is 2. The van der Waals surface area contributed by atoms with E-state index in [9.17, 15) is 14.0 Å². The smallest absolute Gasteiger partial charge is 0.336 e. The van der Waals surface area contributed by atoms with Crippen LogP contribution in [0.15, 0.2) is 83.6 Å². The largest absolute Gasteiger partial charge is 0.490 e. The number of rotatable bonds is 8. The molecule has 0 aromatic heterocycles. The van der Waals surface area contributed by atoms with Gasteiger partial charge < -0.3 is 19.5 Å². The summed E-state index contributed by atoms with van der Waals surface area (Å²) in [6, 6.07) is 19.1. The number of allylic oxidation sites excluding steroid dienone is 2. The Balaban J connectivity index is 1.58. The molecule has 1 N–H and O–H groups in total. The van der Waals surface area contributed by atoms with Crippen molar-refractivity contribution in [2.45, 2.75) is 33.3 Å². The van der Waals surface area contributed by atoms with Gasteiger partial charge in [-0.2, -0.15) is 0 Å². The summed E-state index contributed by atoms with van der Waals surface area (Å²) in [5.74, 6) is -0.789. The molecule has 0 amide bonds. The fourth-order valence-corrected chi connectivity index (χ4v) is 5.00. The highest BCUT2D eigenvalue weighted by molar-refractivity contribution is 6.23. The molecule has 1 atom stereocenters. The van der Waals surface area contributed by atoms with Gasteiger partial charge in [-0.05, 0) is 44.5 Å². The molecule has 0 radical (unpaired) electrons. The van der Waals surface area contributed by atoms with Crippen molar-refractivity contribution < 1.29 is 28.2 Å². The lowest BCUT2D eigenvalue weighted by Crippen LogP contribution is -2.29. The molecule has 7 heteroatoms. The summed E-state index contributed by atoms with van der Waals surface area (Å²) < 4.78 is 31.4. The molecule has 0 saturated carbocycles. The second-order valence-corrected chi connectivity index (χ2v) is 9.00. The zero-order valence-corrected chi connectivity index (χ0v) is 21.5. The number of esters is 1. The lowest BCUT2D eigenvalue weighted by Gasteiger charge is -2.29. The van der Waals surface area contributed by atoms with Crippen LogP contribution in [0.2, 0.25) is 0 Å². The number of fused-ring (bicyclic) bond motifs is 2. The number of hydrogen-bond donors (Lipinski definition) is 1. The van der Waals surface area contributed by atoms with E-state index >= 15 is 0 Å². The molecule has 0 saturated heterocycles. The molecule has 0 spiro atoms.